The highest BCUT2D eigenvalue weighted by Crippen LogP contribution is 2.17. The van der Waals surface area contributed by atoms with Crippen molar-refractivity contribution in [1.29, 1.82) is 0 Å². The fourth-order valence-electron chi connectivity index (χ4n) is 1.61. The first-order chi connectivity index (χ1) is 8.08. The highest BCUT2D eigenvalue weighted by atomic mass is 35.5. The average Bonchev–Trinajstić information content (AvgIpc) is 2.62. The number of hydrogen-bond donors (Lipinski definition) is 1. The van der Waals surface area contributed by atoms with E-state index < -0.39 is 0 Å². The molecule has 1 aromatic carbocycles. The molecule has 0 spiro atoms. The molecule has 3 nitrogen and oxygen atoms in total. The summed E-state index contributed by atoms with van der Waals surface area (Å²) < 4.78 is 14.5. The van der Waals surface area contributed by atoms with E-state index in [1.54, 1.807) is 23.0 Å². The van der Waals surface area contributed by atoms with Crippen molar-refractivity contribution in [3.05, 3.63) is 52.6 Å². The zero-order valence-corrected chi connectivity index (χ0v) is 10.2. The molecule has 0 saturated heterocycles. The molecule has 0 saturated carbocycles. The van der Waals surface area contributed by atoms with Gasteiger partial charge in [0.15, 0.2) is 0 Å². The maximum Gasteiger partial charge on any atom is 0.123 e. The molecule has 2 rings (SSSR count). The molecule has 17 heavy (non-hydrogen) atoms. The van der Waals surface area contributed by atoms with E-state index >= 15 is 0 Å². The summed E-state index contributed by atoms with van der Waals surface area (Å²) in [6.07, 6.45) is 1.59. The molecule has 1 aromatic heterocycles. The van der Waals surface area contributed by atoms with Gasteiger partial charge >= 0.3 is 0 Å². The summed E-state index contributed by atoms with van der Waals surface area (Å²) in [5.41, 5.74) is 7.78. The van der Waals surface area contributed by atoms with E-state index in [9.17, 15) is 4.39 Å². The minimum Gasteiger partial charge on any atom is -0.322 e. The third-order valence-corrected chi connectivity index (χ3v) is 3.08. The van der Waals surface area contributed by atoms with Crippen LogP contribution in [0.5, 0.6) is 0 Å². The van der Waals surface area contributed by atoms with Crippen LogP contribution < -0.4 is 5.73 Å². The Morgan fingerprint density at radius 2 is 2.06 bits per heavy atom. The van der Waals surface area contributed by atoms with Gasteiger partial charge in [0, 0.05) is 6.04 Å². The van der Waals surface area contributed by atoms with E-state index in [1.807, 2.05) is 6.92 Å². The molecule has 2 N–H and O–H groups in total. The quantitative estimate of drug-likeness (QED) is 0.914. The van der Waals surface area contributed by atoms with Gasteiger partial charge in [0.1, 0.15) is 5.82 Å². The molecule has 0 aliphatic heterocycles. The van der Waals surface area contributed by atoms with Crippen molar-refractivity contribution in [3.63, 3.8) is 0 Å². The first-order valence-electron chi connectivity index (χ1n) is 5.27. The lowest BCUT2D eigenvalue weighted by molar-refractivity contribution is 0.516. The molecule has 1 atom stereocenters. The Kier molecular flexibility index (Phi) is 3.45. The molecule has 0 amide bonds. The normalized spacial score (nSPS) is 12.7. The van der Waals surface area contributed by atoms with Crippen molar-refractivity contribution in [2.45, 2.75) is 19.5 Å². The van der Waals surface area contributed by atoms with E-state index in [2.05, 4.69) is 5.10 Å². The Labute approximate surface area is 104 Å². The second kappa shape index (κ2) is 4.85. The Balaban J connectivity index is 2.14. The number of hydrogen-bond acceptors (Lipinski definition) is 2. The van der Waals surface area contributed by atoms with Crippen LogP contribution in [0, 0.1) is 12.7 Å². The third kappa shape index (κ3) is 2.65. The number of nitrogens with zero attached hydrogens (tertiary/aromatic N) is 2. The van der Waals surface area contributed by atoms with Gasteiger partial charge in [0.2, 0.25) is 0 Å². The second-order valence-corrected chi connectivity index (χ2v) is 4.33. The van der Waals surface area contributed by atoms with E-state index in [0.29, 0.717) is 11.6 Å². The molecule has 0 aliphatic rings. The summed E-state index contributed by atoms with van der Waals surface area (Å²) in [4.78, 5) is 0. The van der Waals surface area contributed by atoms with Gasteiger partial charge in [0.05, 0.1) is 23.5 Å². The standard InChI is InChI=1S/C12H13ClFN3/c1-8-11(13)6-16-17(8)7-12(15)9-2-4-10(14)5-3-9/h2-6,12H,7,15H2,1H3. The summed E-state index contributed by atoms with van der Waals surface area (Å²) in [6, 6.07) is 5.93. The fourth-order valence-corrected chi connectivity index (χ4v) is 1.75. The molecule has 0 bridgehead atoms. The van der Waals surface area contributed by atoms with Crippen LogP contribution in [0.3, 0.4) is 0 Å². The Morgan fingerprint density at radius 3 is 2.59 bits per heavy atom. The lowest BCUT2D eigenvalue weighted by Gasteiger charge is -2.13. The largest absolute Gasteiger partial charge is 0.322 e. The van der Waals surface area contributed by atoms with Crippen LogP contribution in [0.1, 0.15) is 17.3 Å². The number of nitrogens with two attached hydrogens (primary N) is 1. The van der Waals surface area contributed by atoms with Crippen LogP contribution in [0.25, 0.3) is 0 Å². The van der Waals surface area contributed by atoms with Gasteiger partial charge in [-0.25, -0.2) is 4.39 Å². The van der Waals surface area contributed by atoms with Gasteiger partial charge in [-0.15, -0.1) is 0 Å². The summed E-state index contributed by atoms with van der Waals surface area (Å²) in [5.74, 6) is -0.265. The van der Waals surface area contributed by atoms with Crippen molar-refractivity contribution < 1.29 is 4.39 Å². The van der Waals surface area contributed by atoms with Crippen LogP contribution in [-0.4, -0.2) is 9.78 Å². The molecule has 2 aromatic rings. The van der Waals surface area contributed by atoms with E-state index in [-0.39, 0.29) is 11.9 Å². The molecule has 0 aliphatic carbocycles. The van der Waals surface area contributed by atoms with E-state index in [1.165, 1.54) is 12.1 Å². The summed E-state index contributed by atoms with van der Waals surface area (Å²) in [7, 11) is 0. The topological polar surface area (TPSA) is 43.8 Å². The van der Waals surface area contributed by atoms with Crippen LogP contribution in [-0.2, 0) is 6.54 Å². The zero-order valence-electron chi connectivity index (χ0n) is 9.40. The zero-order chi connectivity index (χ0) is 12.4. The highest BCUT2D eigenvalue weighted by Gasteiger charge is 2.10. The lowest BCUT2D eigenvalue weighted by atomic mass is 10.1. The maximum absolute atomic E-state index is 12.8. The molecule has 0 fully saturated rings. The molecule has 0 radical (unpaired) electrons. The third-order valence-electron chi connectivity index (χ3n) is 2.71. The predicted octanol–water partition coefficient (Wildman–Crippen LogP) is 2.68. The maximum atomic E-state index is 12.8. The predicted molar refractivity (Wildman–Crippen MR) is 65.3 cm³/mol. The fraction of sp³-hybridized carbons (Fsp3) is 0.250. The Morgan fingerprint density at radius 1 is 1.41 bits per heavy atom. The van der Waals surface area contributed by atoms with Crippen molar-refractivity contribution in [3.8, 4) is 0 Å². The molecule has 90 valence electrons. The van der Waals surface area contributed by atoms with Gasteiger partial charge in [-0.2, -0.15) is 5.10 Å². The average molecular weight is 254 g/mol. The Hall–Kier alpha value is -1.39. The van der Waals surface area contributed by atoms with Crippen molar-refractivity contribution in [2.24, 2.45) is 5.73 Å². The molecule has 1 unspecified atom stereocenters. The Bertz CT molecular complexity index is 507. The minimum atomic E-state index is -0.265. The van der Waals surface area contributed by atoms with Gasteiger partial charge in [0.25, 0.3) is 0 Å². The smallest absolute Gasteiger partial charge is 0.123 e. The van der Waals surface area contributed by atoms with Crippen molar-refractivity contribution >= 4 is 11.6 Å². The van der Waals surface area contributed by atoms with Crippen LogP contribution in [0.4, 0.5) is 4.39 Å². The number of benzene rings is 1. The number of halogens is 2. The molecule has 5 heteroatoms. The summed E-state index contributed by atoms with van der Waals surface area (Å²) >= 11 is 5.91. The number of rotatable bonds is 3. The van der Waals surface area contributed by atoms with E-state index in [4.69, 9.17) is 17.3 Å². The van der Waals surface area contributed by atoms with Gasteiger partial charge in [-0.05, 0) is 24.6 Å². The van der Waals surface area contributed by atoms with Gasteiger partial charge in [-0.1, -0.05) is 23.7 Å². The highest BCUT2D eigenvalue weighted by molar-refractivity contribution is 6.31. The first kappa shape index (κ1) is 12.1. The summed E-state index contributed by atoms with van der Waals surface area (Å²) in [5, 5.41) is 4.75. The number of aromatic nitrogens is 2. The van der Waals surface area contributed by atoms with Crippen LogP contribution in [0.2, 0.25) is 5.02 Å². The van der Waals surface area contributed by atoms with Crippen LogP contribution in [0.15, 0.2) is 30.5 Å². The molecular weight excluding hydrogens is 241 g/mol. The minimum absolute atomic E-state index is 0.231. The second-order valence-electron chi connectivity index (χ2n) is 3.92. The van der Waals surface area contributed by atoms with E-state index in [0.717, 1.165) is 11.3 Å². The first-order valence-corrected chi connectivity index (χ1v) is 5.64. The molecule has 1 heterocycles. The van der Waals surface area contributed by atoms with Gasteiger partial charge in [-0.3, -0.25) is 4.68 Å². The molecular formula is C12H13ClFN3. The van der Waals surface area contributed by atoms with Crippen LogP contribution >= 0.6 is 11.6 Å². The monoisotopic (exact) mass is 253 g/mol. The van der Waals surface area contributed by atoms with Crippen molar-refractivity contribution in [2.75, 3.05) is 0 Å². The summed E-state index contributed by atoms with van der Waals surface area (Å²) in [6.45, 7) is 2.40. The lowest BCUT2D eigenvalue weighted by Crippen LogP contribution is -2.19. The SMILES string of the molecule is Cc1c(Cl)cnn1CC(N)c1ccc(F)cc1. The van der Waals surface area contributed by atoms with Crippen molar-refractivity contribution in [1.82, 2.24) is 9.78 Å². The van der Waals surface area contributed by atoms with Gasteiger partial charge < -0.3 is 5.73 Å².